The zero-order chi connectivity index (χ0) is 12.4. The quantitative estimate of drug-likeness (QED) is 0.557. The molecule has 0 bridgehead atoms. The molecule has 2 heterocycles. The molecule has 0 aromatic heterocycles. The standard InChI is InChI=1S/2C5H11OSi.C2H3.Pt.H/c2*7-5-3-1-2-4-6-5;1-2;;/h2*1-4H2,7H3;1H,2H2;;. The van der Waals surface area contributed by atoms with Crippen LogP contribution in [0.2, 0.25) is 0 Å². The Morgan fingerprint density at radius 1 is 0.941 bits per heavy atom. The van der Waals surface area contributed by atoms with Crippen LogP contribution in [-0.2, 0) is 26.8 Å². The minimum absolute atomic E-state index is 0.263. The SMILES string of the molecule is C=[CH][PtH]([C]1([SiH3])CCCCO1)[C]1([SiH3])CCCCO1. The summed E-state index contributed by atoms with van der Waals surface area (Å²) in [6.07, 6.45) is 7.78. The summed E-state index contributed by atoms with van der Waals surface area (Å²) in [6, 6.07) is 0. The van der Waals surface area contributed by atoms with E-state index < -0.39 is 17.3 Å². The van der Waals surface area contributed by atoms with Crippen molar-refractivity contribution in [3.63, 3.8) is 0 Å². The van der Waals surface area contributed by atoms with Crippen LogP contribution in [0.3, 0.4) is 0 Å². The Hall–Kier alpha value is 0.782. The fourth-order valence-corrected chi connectivity index (χ4v) is 22.7. The number of ether oxygens (including phenoxy) is 2. The Morgan fingerprint density at radius 3 is 1.71 bits per heavy atom. The summed E-state index contributed by atoms with van der Waals surface area (Å²) in [5, 5.41) is 0. The van der Waals surface area contributed by atoms with Crippen molar-refractivity contribution in [3.05, 3.63) is 11.0 Å². The van der Waals surface area contributed by atoms with Crippen molar-refractivity contribution in [2.45, 2.75) is 45.8 Å². The van der Waals surface area contributed by atoms with E-state index in [4.69, 9.17) is 9.47 Å². The second-order valence-corrected chi connectivity index (χ2v) is 20.8. The summed E-state index contributed by atoms with van der Waals surface area (Å²) < 4.78 is 15.3. The van der Waals surface area contributed by atoms with Crippen molar-refractivity contribution in [2.24, 2.45) is 0 Å². The first-order valence-corrected chi connectivity index (χ1v) is 12.4. The Bertz CT molecular complexity index is 250. The van der Waals surface area contributed by atoms with Crippen LogP contribution in [0.4, 0.5) is 0 Å². The van der Waals surface area contributed by atoms with E-state index in [9.17, 15) is 0 Å². The monoisotopic (exact) mass is 453 g/mol. The summed E-state index contributed by atoms with van der Waals surface area (Å²) in [6.45, 7) is 6.12. The van der Waals surface area contributed by atoms with Gasteiger partial charge in [-0.3, -0.25) is 0 Å². The molecular weight excluding hydrogens is 427 g/mol. The molecule has 5 heteroatoms. The van der Waals surface area contributed by atoms with E-state index in [0.717, 1.165) is 33.7 Å². The third kappa shape index (κ3) is 3.03. The van der Waals surface area contributed by atoms with E-state index in [1.165, 1.54) is 38.5 Å². The van der Waals surface area contributed by atoms with Crippen LogP contribution in [0.15, 0.2) is 11.0 Å². The predicted octanol–water partition coefficient (Wildman–Crippen LogP) is -0.0802. The maximum atomic E-state index is 6.24. The molecule has 17 heavy (non-hydrogen) atoms. The van der Waals surface area contributed by atoms with Crippen LogP contribution >= 0.6 is 0 Å². The second-order valence-electron chi connectivity index (χ2n) is 5.13. The van der Waals surface area contributed by atoms with Gasteiger partial charge in [-0.05, 0) is 0 Å². The molecule has 2 fully saturated rings. The Kier molecular flexibility index (Phi) is 4.87. The first-order chi connectivity index (χ1) is 8.11. The van der Waals surface area contributed by atoms with Gasteiger partial charge in [0.05, 0.1) is 0 Å². The van der Waals surface area contributed by atoms with E-state index in [0.29, 0.717) is 0 Å². The Balaban J connectivity index is 2.16. The number of hydrogen-bond acceptors (Lipinski definition) is 2. The normalized spacial score (nSPS) is 42.2. The summed E-state index contributed by atoms with van der Waals surface area (Å²) in [4.78, 5) is 0. The topological polar surface area (TPSA) is 18.5 Å². The van der Waals surface area contributed by atoms with Gasteiger partial charge in [0.1, 0.15) is 0 Å². The van der Waals surface area contributed by atoms with Crippen molar-refractivity contribution < 1.29 is 26.8 Å². The molecule has 2 rings (SSSR count). The van der Waals surface area contributed by atoms with Gasteiger partial charge in [0.25, 0.3) is 0 Å². The molecule has 0 N–H and O–H groups in total. The first kappa shape index (κ1) is 14.2. The molecule has 2 nitrogen and oxygen atoms in total. The van der Waals surface area contributed by atoms with Gasteiger partial charge in [-0.1, -0.05) is 0 Å². The van der Waals surface area contributed by atoms with E-state index in [1.807, 2.05) is 0 Å². The molecule has 0 aromatic rings. The first-order valence-electron chi connectivity index (χ1n) is 6.63. The minimum atomic E-state index is -1.48. The Labute approximate surface area is 117 Å². The second kappa shape index (κ2) is 5.83. The molecule has 0 radical (unpaired) electrons. The molecular formula is C12H26O2PtSi2. The van der Waals surface area contributed by atoms with Crippen molar-refractivity contribution in [1.29, 1.82) is 0 Å². The average molecular weight is 454 g/mol. The van der Waals surface area contributed by atoms with Gasteiger partial charge in [0, 0.05) is 0 Å². The molecule has 2 unspecified atom stereocenters. The predicted molar refractivity (Wildman–Crippen MR) is 76.5 cm³/mol. The molecule has 0 aliphatic carbocycles. The summed E-state index contributed by atoms with van der Waals surface area (Å²) >= 11 is -1.48. The fraction of sp³-hybridized carbons (Fsp3) is 0.833. The van der Waals surface area contributed by atoms with Gasteiger partial charge in [0.15, 0.2) is 0 Å². The van der Waals surface area contributed by atoms with Crippen LogP contribution < -0.4 is 0 Å². The fourth-order valence-electron chi connectivity index (χ4n) is 2.72. The maximum absolute atomic E-state index is 6.24. The van der Waals surface area contributed by atoms with Crippen LogP contribution in [0.5, 0.6) is 0 Å². The average Bonchev–Trinajstić information content (AvgIpc) is 2.31. The van der Waals surface area contributed by atoms with Gasteiger partial charge < -0.3 is 0 Å². The zero-order valence-electron chi connectivity index (χ0n) is 11.1. The molecule has 0 aromatic carbocycles. The van der Waals surface area contributed by atoms with Crippen molar-refractivity contribution in [1.82, 2.24) is 0 Å². The molecule has 0 saturated carbocycles. The van der Waals surface area contributed by atoms with Crippen molar-refractivity contribution in [2.75, 3.05) is 13.2 Å². The molecule has 2 aliphatic heterocycles. The van der Waals surface area contributed by atoms with E-state index in [2.05, 4.69) is 11.0 Å². The summed E-state index contributed by atoms with van der Waals surface area (Å²) in [5.41, 5.74) is 0. The molecule has 104 valence electrons. The van der Waals surface area contributed by atoms with Crippen molar-refractivity contribution in [3.8, 4) is 0 Å². The zero-order valence-corrected chi connectivity index (χ0v) is 17.5. The number of hydrogen-bond donors (Lipinski definition) is 0. The van der Waals surface area contributed by atoms with E-state index in [-0.39, 0.29) is 7.23 Å². The molecule has 2 aliphatic rings. The van der Waals surface area contributed by atoms with Gasteiger partial charge in [-0.25, -0.2) is 0 Å². The third-order valence-corrected chi connectivity index (χ3v) is 19.5. The van der Waals surface area contributed by atoms with E-state index in [1.54, 1.807) is 0 Å². The van der Waals surface area contributed by atoms with Crippen LogP contribution in [0.25, 0.3) is 0 Å². The van der Waals surface area contributed by atoms with Gasteiger partial charge in [0.2, 0.25) is 0 Å². The molecule has 0 spiro atoms. The van der Waals surface area contributed by atoms with Gasteiger partial charge in [-0.15, -0.1) is 0 Å². The van der Waals surface area contributed by atoms with Gasteiger partial charge >= 0.3 is 117 Å². The summed E-state index contributed by atoms with van der Waals surface area (Å²) in [5.74, 6) is 0. The van der Waals surface area contributed by atoms with Gasteiger partial charge in [-0.2, -0.15) is 0 Å². The van der Waals surface area contributed by atoms with Crippen LogP contribution in [-0.4, -0.2) is 40.9 Å². The van der Waals surface area contributed by atoms with E-state index >= 15 is 0 Å². The Morgan fingerprint density at radius 2 is 1.41 bits per heavy atom. The van der Waals surface area contributed by atoms with Crippen molar-refractivity contribution >= 4 is 20.5 Å². The molecule has 0 amide bonds. The third-order valence-electron chi connectivity index (χ3n) is 3.70. The van der Waals surface area contributed by atoms with Crippen LogP contribution in [0.1, 0.15) is 38.5 Å². The van der Waals surface area contributed by atoms with Crippen LogP contribution in [0, 0.1) is 0 Å². The molecule has 2 atom stereocenters. The molecule has 2 saturated heterocycles. The summed E-state index contributed by atoms with van der Waals surface area (Å²) in [7, 11) is 2.32. The number of rotatable bonds is 3.